The number of unbranched alkanes of at least 4 members (excludes halogenated alkanes) is 1. The molecular formula is C25H35N5O4S. The lowest BCUT2D eigenvalue weighted by molar-refractivity contribution is -0.122. The van der Waals surface area contributed by atoms with E-state index in [2.05, 4.69) is 12.2 Å². The minimum Gasteiger partial charge on any atom is -0.344 e. The zero-order chi connectivity index (χ0) is 24.8. The maximum Gasteiger partial charge on any atom is 0.260 e. The number of amidine groups is 2. The molecule has 1 aliphatic carbocycles. The zero-order valence-corrected chi connectivity index (χ0v) is 21.3. The monoisotopic (exact) mass is 501 g/mol. The molecule has 3 fully saturated rings. The van der Waals surface area contributed by atoms with Gasteiger partial charge in [0.05, 0.1) is 24.9 Å². The third-order valence-electron chi connectivity index (χ3n) is 7.32. The summed E-state index contributed by atoms with van der Waals surface area (Å²) in [5, 5.41) is 11.2. The molecule has 190 valence electrons. The Morgan fingerprint density at radius 1 is 1.31 bits per heavy atom. The number of aliphatic imine (C=N–C) groups is 1. The van der Waals surface area contributed by atoms with Crippen LogP contribution in [0.25, 0.3) is 0 Å². The van der Waals surface area contributed by atoms with Gasteiger partial charge >= 0.3 is 0 Å². The van der Waals surface area contributed by atoms with E-state index in [-0.39, 0.29) is 17.7 Å². The highest BCUT2D eigenvalue weighted by Gasteiger charge is 2.62. The van der Waals surface area contributed by atoms with Crippen LogP contribution < -0.4 is 5.32 Å². The zero-order valence-electron chi connectivity index (χ0n) is 20.5. The number of ether oxygens (including phenoxy) is 1. The van der Waals surface area contributed by atoms with Gasteiger partial charge in [-0.15, -0.1) is 0 Å². The second kappa shape index (κ2) is 9.20. The fourth-order valence-corrected chi connectivity index (χ4v) is 6.17. The highest BCUT2D eigenvalue weighted by Crippen LogP contribution is 2.41. The standard InChI is InChI=1S/C25H35N5O4S/c1-3-4-10-34-25-16-30(25)23(26)22-24(28-25)29(15-21(31)27-22)14-19-7-5-6-18(11-19)13-20(35(2,32)33)12-17-8-9-17/h5-7,11,17,20,22,26H,3-4,8-10,12-16H2,1-2H3,(H,27,31). The highest BCUT2D eigenvalue weighted by molar-refractivity contribution is 7.91. The Hall–Kier alpha value is -2.46. The molecule has 5 rings (SSSR count). The third kappa shape index (κ3) is 5.23. The van der Waals surface area contributed by atoms with Gasteiger partial charge in [-0.1, -0.05) is 50.5 Å². The number of hydrogen-bond acceptors (Lipinski definition) is 7. The number of carbonyl (C=O) groups excluding carboxylic acids is 1. The first kappa shape index (κ1) is 24.2. The second-order valence-corrected chi connectivity index (χ2v) is 12.7. The number of piperazine rings is 1. The number of fused-ring (bicyclic) bond motifs is 2. The number of amides is 1. The van der Waals surface area contributed by atoms with Crippen molar-refractivity contribution < 1.29 is 17.9 Å². The normalized spacial score (nSPS) is 26.6. The van der Waals surface area contributed by atoms with Crippen LogP contribution in [0.3, 0.4) is 0 Å². The van der Waals surface area contributed by atoms with Crippen molar-refractivity contribution in [3.63, 3.8) is 0 Å². The molecule has 0 aromatic heterocycles. The maximum atomic E-state index is 12.5. The van der Waals surface area contributed by atoms with Crippen LogP contribution in [0.2, 0.25) is 0 Å². The Kier molecular flexibility index (Phi) is 6.37. The SMILES string of the molecule is CCCCOC12CN1C(=N)C1NC(=O)CN(Cc3cccc(CC(CC4CC4)S(C)(=O)=O)c3)C1=N2. The Morgan fingerprint density at radius 3 is 2.80 bits per heavy atom. The van der Waals surface area contributed by atoms with E-state index in [0.29, 0.717) is 43.7 Å². The van der Waals surface area contributed by atoms with E-state index in [1.165, 1.54) is 6.26 Å². The largest absolute Gasteiger partial charge is 0.344 e. The number of hydrogen-bond donors (Lipinski definition) is 2. The van der Waals surface area contributed by atoms with Crippen molar-refractivity contribution >= 4 is 27.4 Å². The molecule has 2 saturated heterocycles. The van der Waals surface area contributed by atoms with E-state index < -0.39 is 21.7 Å². The van der Waals surface area contributed by atoms with Crippen molar-refractivity contribution in [2.75, 3.05) is 26.0 Å². The van der Waals surface area contributed by atoms with Gasteiger partial charge in [0, 0.05) is 12.8 Å². The van der Waals surface area contributed by atoms with Crippen LogP contribution in [0.1, 0.15) is 50.2 Å². The van der Waals surface area contributed by atoms with Gasteiger partial charge in [0.2, 0.25) is 5.91 Å². The molecule has 0 radical (unpaired) electrons. The molecule has 0 spiro atoms. The second-order valence-electron chi connectivity index (χ2n) is 10.4. The molecule has 3 heterocycles. The molecule has 1 saturated carbocycles. The van der Waals surface area contributed by atoms with E-state index in [1.807, 2.05) is 29.2 Å². The van der Waals surface area contributed by atoms with Gasteiger partial charge in [-0.2, -0.15) is 0 Å². The number of benzene rings is 1. The summed E-state index contributed by atoms with van der Waals surface area (Å²) in [6.07, 6.45) is 6.77. The number of nitrogens with zero attached hydrogens (tertiary/aromatic N) is 3. The van der Waals surface area contributed by atoms with Crippen LogP contribution in [-0.2, 0) is 32.3 Å². The van der Waals surface area contributed by atoms with Crippen LogP contribution in [0.4, 0.5) is 0 Å². The molecule has 4 aliphatic rings. The van der Waals surface area contributed by atoms with Crippen molar-refractivity contribution in [1.29, 1.82) is 5.41 Å². The van der Waals surface area contributed by atoms with Crippen LogP contribution >= 0.6 is 0 Å². The molecule has 10 heteroatoms. The Balaban J connectivity index is 1.34. The van der Waals surface area contributed by atoms with Gasteiger partial charge in [-0.3, -0.25) is 10.2 Å². The fraction of sp³-hybridized carbons (Fsp3) is 0.640. The molecule has 35 heavy (non-hydrogen) atoms. The predicted molar refractivity (Wildman–Crippen MR) is 134 cm³/mol. The summed E-state index contributed by atoms with van der Waals surface area (Å²) < 4.78 is 30.8. The molecule has 3 atom stereocenters. The fourth-order valence-electron chi connectivity index (χ4n) is 5.05. The van der Waals surface area contributed by atoms with Crippen molar-refractivity contribution in [2.45, 2.75) is 69.1 Å². The summed E-state index contributed by atoms with van der Waals surface area (Å²) in [7, 11) is -3.13. The smallest absolute Gasteiger partial charge is 0.260 e. The summed E-state index contributed by atoms with van der Waals surface area (Å²) in [6, 6.07) is 7.39. The van der Waals surface area contributed by atoms with Crippen molar-refractivity contribution in [1.82, 2.24) is 15.1 Å². The lowest BCUT2D eigenvalue weighted by Gasteiger charge is -2.39. The maximum absolute atomic E-state index is 12.5. The molecule has 9 nitrogen and oxygen atoms in total. The number of sulfone groups is 1. The molecule has 0 bridgehead atoms. The first-order valence-electron chi connectivity index (χ1n) is 12.6. The Morgan fingerprint density at radius 2 is 2.09 bits per heavy atom. The third-order valence-corrected chi connectivity index (χ3v) is 8.89. The summed E-state index contributed by atoms with van der Waals surface area (Å²) in [4.78, 5) is 21.1. The van der Waals surface area contributed by atoms with Gasteiger partial charge in [-0.25, -0.2) is 13.4 Å². The van der Waals surface area contributed by atoms with Crippen molar-refractivity contribution in [2.24, 2.45) is 10.9 Å². The van der Waals surface area contributed by atoms with E-state index in [9.17, 15) is 13.2 Å². The Bertz CT molecular complexity index is 1150. The summed E-state index contributed by atoms with van der Waals surface area (Å²) in [5.74, 6) is 0.557. The molecule has 3 aliphatic heterocycles. The van der Waals surface area contributed by atoms with Crippen LogP contribution in [0.15, 0.2) is 29.3 Å². The number of nitrogens with one attached hydrogen (secondary N) is 2. The van der Waals surface area contributed by atoms with Gasteiger partial charge in [0.15, 0.2) is 9.84 Å². The van der Waals surface area contributed by atoms with Crippen LogP contribution in [-0.4, -0.2) is 78.9 Å². The van der Waals surface area contributed by atoms with Crippen LogP contribution in [0, 0.1) is 11.3 Å². The summed E-state index contributed by atoms with van der Waals surface area (Å²) in [6.45, 7) is 3.83. The molecule has 1 aromatic carbocycles. The van der Waals surface area contributed by atoms with E-state index >= 15 is 0 Å². The minimum absolute atomic E-state index is 0.141. The average Bonchev–Trinajstić information content (AvgIpc) is 3.71. The highest BCUT2D eigenvalue weighted by atomic mass is 32.2. The van der Waals surface area contributed by atoms with Gasteiger partial charge in [0.1, 0.15) is 17.7 Å². The summed E-state index contributed by atoms with van der Waals surface area (Å²) >= 11 is 0. The average molecular weight is 502 g/mol. The topological polar surface area (TPSA) is 115 Å². The van der Waals surface area contributed by atoms with Crippen molar-refractivity contribution in [3.8, 4) is 0 Å². The quantitative estimate of drug-likeness (QED) is 0.354. The molecule has 2 N–H and O–H groups in total. The predicted octanol–water partition coefficient (Wildman–Crippen LogP) is 1.92. The molecule has 1 amide bonds. The lowest BCUT2D eigenvalue weighted by atomic mass is 10.0. The molecule has 1 aromatic rings. The van der Waals surface area contributed by atoms with E-state index in [4.69, 9.17) is 15.1 Å². The summed E-state index contributed by atoms with van der Waals surface area (Å²) in [5.41, 5.74) is 1.98. The van der Waals surface area contributed by atoms with Crippen LogP contribution in [0.5, 0.6) is 0 Å². The number of rotatable bonds is 11. The van der Waals surface area contributed by atoms with E-state index in [0.717, 1.165) is 43.2 Å². The van der Waals surface area contributed by atoms with Gasteiger partial charge in [-0.05, 0) is 36.3 Å². The van der Waals surface area contributed by atoms with Crippen molar-refractivity contribution in [3.05, 3.63) is 35.4 Å². The van der Waals surface area contributed by atoms with Gasteiger partial charge < -0.3 is 19.9 Å². The molecular weight excluding hydrogens is 466 g/mol. The minimum atomic E-state index is -3.13. The first-order valence-corrected chi connectivity index (χ1v) is 14.5. The van der Waals surface area contributed by atoms with Gasteiger partial charge in [0.25, 0.3) is 5.85 Å². The first-order chi connectivity index (χ1) is 16.7. The lowest BCUT2D eigenvalue weighted by Crippen LogP contribution is -2.64. The Labute approximate surface area is 207 Å². The molecule has 3 unspecified atom stereocenters. The van der Waals surface area contributed by atoms with E-state index in [1.54, 1.807) is 4.90 Å². The number of carbonyl (C=O) groups is 1.